The molecule has 0 aliphatic carbocycles. The Labute approximate surface area is 165 Å². The quantitative estimate of drug-likeness (QED) is 0.597. The van der Waals surface area contributed by atoms with Crippen LogP contribution in [-0.4, -0.2) is 54.6 Å². The first kappa shape index (κ1) is 22.1. The zero-order valence-electron chi connectivity index (χ0n) is 17.5. The van der Waals surface area contributed by atoms with Crippen molar-refractivity contribution in [3.8, 4) is 0 Å². The summed E-state index contributed by atoms with van der Waals surface area (Å²) < 4.78 is 27.1. The molecule has 0 saturated carbocycles. The summed E-state index contributed by atoms with van der Waals surface area (Å²) >= 11 is 0. The van der Waals surface area contributed by atoms with Crippen LogP contribution in [0.4, 0.5) is 5.82 Å². The fraction of sp³-hybridized carbons (Fsp3) is 0.800. The fourth-order valence-electron chi connectivity index (χ4n) is 3.64. The molecule has 0 aromatic carbocycles. The van der Waals surface area contributed by atoms with E-state index in [0.717, 1.165) is 55.1 Å². The molecule has 2 heterocycles. The van der Waals surface area contributed by atoms with E-state index in [4.69, 9.17) is 0 Å². The molecule has 1 aromatic rings. The largest absolute Gasteiger partial charge is 0.355 e. The van der Waals surface area contributed by atoms with Gasteiger partial charge < -0.3 is 4.90 Å². The highest BCUT2D eigenvalue weighted by atomic mass is 32.2. The summed E-state index contributed by atoms with van der Waals surface area (Å²) in [6.45, 7) is 10.8. The van der Waals surface area contributed by atoms with Crippen LogP contribution in [0.25, 0.3) is 0 Å². The van der Waals surface area contributed by atoms with Crippen LogP contribution in [0.3, 0.4) is 0 Å². The van der Waals surface area contributed by atoms with Gasteiger partial charge in [0.25, 0.3) is 0 Å². The van der Waals surface area contributed by atoms with Crippen LogP contribution in [-0.2, 0) is 10.0 Å². The second kappa shape index (κ2) is 10.4. The first-order chi connectivity index (χ1) is 12.8. The van der Waals surface area contributed by atoms with Crippen LogP contribution >= 0.6 is 0 Å². The Bertz CT molecular complexity index is 706. The van der Waals surface area contributed by atoms with Gasteiger partial charge in [0, 0.05) is 37.4 Å². The Morgan fingerprint density at radius 1 is 0.889 bits per heavy atom. The maximum absolute atomic E-state index is 12.7. The first-order valence-electron chi connectivity index (χ1n) is 10.4. The van der Waals surface area contributed by atoms with E-state index in [0.29, 0.717) is 19.6 Å². The molecule has 27 heavy (non-hydrogen) atoms. The lowest BCUT2D eigenvalue weighted by Gasteiger charge is -2.24. The molecule has 1 fully saturated rings. The van der Waals surface area contributed by atoms with Crippen LogP contribution in [0.5, 0.6) is 0 Å². The highest BCUT2D eigenvalue weighted by Gasteiger charge is 2.26. The summed E-state index contributed by atoms with van der Waals surface area (Å²) in [6.07, 6.45) is 7.43. The smallest absolute Gasteiger partial charge is 0.214 e. The molecule has 0 amide bonds. The number of aryl methyl sites for hydroxylation is 2. The molecule has 0 bridgehead atoms. The van der Waals surface area contributed by atoms with Crippen molar-refractivity contribution in [2.45, 2.75) is 72.6 Å². The second-order valence-electron chi connectivity index (χ2n) is 7.63. The van der Waals surface area contributed by atoms with Crippen molar-refractivity contribution in [1.29, 1.82) is 0 Å². The third-order valence-electron chi connectivity index (χ3n) is 5.38. The Kier molecular flexibility index (Phi) is 8.48. The van der Waals surface area contributed by atoms with Gasteiger partial charge in [-0.1, -0.05) is 39.0 Å². The van der Waals surface area contributed by atoms with Gasteiger partial charge in [0.2, 0.25) is 10.0 Å². The second-order valence-corrected chi connectivity index (χ2v) is 9.72. The molecular weight excluding hydrogens is 360 g/mol. The van der Waals surface area contributed by atoms with Gasteiger partial charge in [0.15, 0.2) is 0 Å². The van der Waals surface area contributed by atoms with Crippen LogP contribution < -0.4 is 4.90 Å². The number of unbranched alkanes of at least 4 members (excludes halogenated alkanes) is 5. The Balaban J connectivity index is 1.92. The Hall–Kier alpha value is -1.21. The lowest BCUT2D eigenvalue weighted by atomic mass is 10.1. The van der Waals surface area contributed by atoms with Crippen molar-refractivity contribution in [2.75, 3.05) is 36.8 Å². The summed E-state index contributed by atoms with van der Waals surface area (Å²) in [5.41, 5.74) is 2.08. The fourth-order valence-corrected chi connectivity index (χ4v) is 5.23. The van der Waals surface area contributed by atoms with Crippen molar-refractivity contribution in [3.05, 3.63) is 17.1 Å². The van der Waals surface area contributed by atoms with Crippen LogP contribution in [0.1, 0.15) is 69.0 Å². The van der Waals surface area contributed by atoms with E-state index < -0.39 is 10.0 Å². The first-order valence-corrected chi connectivity index (χ1v) is 12.0. The van der Waals surface area contributed by atoms with Crippen molar-refractivity contribution < 1.29 is 8.42 Å². The standard InChI is InChI=1S/C20H36N4O2S/c1-5-6-7-8-9-10-16-27(25,26)24-13-11-12-23(14-15-24)20-17(2)18(3)21-19(4)22-20/h5-16H2,1-4H3. The van der Waals surface area contributed by atoms with Gasteiger partial charge in [-0.2, -0.15) is 0 Å². The third kappa shape index (κ3) is 6.42. The maximum atomic E-state index is 12.7. The molecule has 1 saturated heterocycles. The van der Waals surface area contributed by atoms with E-state index in [9.17, 15) is 8.42 Å². The van der Waals surface area contributed by atoms with E-state index in [-0.39, 0.29) is 5.75 Å². The topological polar surface area (TPSA) is 66.4 Å². The molecule has 0 atom stereocenters. The van der Waals surface area contributed by atoms with Gasteiger partial charge in [-0.25, -0.2) is 22.7 Å². The number of aromatic nitrogens is 2. The Morgan fingerprint density at radius 3 is 2.33 bits per heavy atom. The minimum absolute atomic E-state index is 0.282. The third-order valence-corrected chi connectivity index (χ3v) is 7.34. The summed E-state index contributed by atoms with van der Waals surface area (Å²) in [5.74, 6) is 2.00. The summed E-state index contributed by atoms with van der Waals surface area (Å²) in [7, 11) is -3.16. The van der Waals surface area contributed by atoms with Crippen LogP contribution in [0.2, 0.25) is 0 Å². The minimum Gasteiger partial charge on any atom is -0.355 e. The number of nitrogens with zero attached hydrogens (tertiary/aromatic N) is 4. The average molecular weight is 397 g/mol. The zero-order chi connectivity index (χ0) is 19.9. The molecule has 6 nitrogen and oxygen atoms in total. The number of hydrogen-bond acceptors (Lipinski definition) is 5. The van der Waals surface area contributed by atoms with Crippen LogP contribution in [0, 0.1) is 20.8 Å². The van der Waals surface area contributed by atoms with Crippen molar-refractivity contribution >= 4 is 15.8 Å². The summed E-state index contributed by atoms with van der Waals surface area (Å²) in [4.78, 5) is 11.3. The van der Waals surface area contributed by atoms with Gasteiger partial charge in [0.1, 0.15) is 11.6 Å². The molecule has 0 unspecified atom stereocenters. The zero-order valence-corrected chi connectivity index (χ0v) is 18.3. The van der Waals surface area contributed by atoms with Gasteiger partial charge in [-0.05, 0) is 33.6 Å². The van der Waals surface area contributed by atoms with Gasteiger partial charge >= 0.3 is 0 Å². The monoisotopic (exact) mass is 396 g/mol. The lowest BCUT2D eigenvalue weighted by Crippen LogP contribution is -2.37. The van der Waals surface area contributed by atoms with E-state index in [1.807, 2.05) is 20.8 Å². The predicted molar refractivity (Wildman–Crippen MR) is 112 cm³/mol. The van der Waals surface area contributed by atoms with Crippen LogP contribution in [0.15, 0.2) is 0 Å². The number of sulfonamides is 1. The molecule has 0 N–H and O–H groups in total. The number of anilines is 1. The molecule has 1 aromatic heterocycles. The molecule has 0 spiro atoms. The highest BCUT2D eigenvalue weighted by Crippen LogP contribution is 2.22. The molecule has 1 aliphatic heterocycles. The van der Waals surface area contributed by atoms with Gasteiger partial charge in [0.05, 0.1) is 5.75 Å². The molecule has 1 aliphatic rings. The lowest BCUT2D eigenvalue weighted by molar-refractivity contribution is 0.431. The summed E-state index contributed by atoms with van der Waals surface area (Å²) in [6, 6.07) is 0. The molecular formula is C20H36N4O2S. The van der Waals surface area contributed by atoms with Gasteiger partial charge in [-0.3, -0.25) is 0 Å². The van der Waals surface area contributed by atoms with E-state index >= 15 is 0 Å². The molecule has 2 rings (SSSR count). The molecule has 0 radical (unpaired) electrons. The van der Waals surface area contributed by atoms with E-state index in [1.165, 1.54) is 19.3 Å². The van der Waals surface area contributed by atoms with Gasteiger partial charge in [-0.15, -0.1) is 0 Å². The molecule has 7 heteroatoms. The maximum Gasteiger partial charge on any atom is 0.214 e. The Morgan fingerprint density at radius 2 is 1.59 bits per heavy atom. The minimum atomic E-state index is -3.16. The molecule has 154 valence electrons. The number of hydrogen-bond donors (Lipinski definition) is 0. The average Bonchev–Trinajstić information content (AvgIpc) is 2.88. The normalized spacial score (nSPS) is 16.5. The van der Waals surface area contributed by atoms with E-state index in [1.54, 1.807) is 4.31 Å². The number of rotatable bonds is 9. The predicted octanol–water partition coefficient (Wildman–Crippen LogP) is 3.60. The van der Waals surface area contributed by atoms with Crippen molar-refractivity contribution in [2.24, 2.45) is 0 Å². The SMILES string of the molecule is CCCCCCCCS(=O)(=O)N1CCCN(c2nc(C)nc(C)c2C)CC1. The van der Waals surface area contributed by atoms with Crippen molar-refractivity contribution in [3.63, 3.8) is 0 Å². The highest BCUT2D eigenvalue weighted by molar-refractivity contribution is 7.89. The summed E-state index contributed by atoms with van der Waals surface area (Å²) in [5, 5.41) is 0. The van der Waals surface area contributed by atoms with Crippen molar-refractivity contribution in [1.82, 2.24) is 14.3 Å². The van der Waals surface area contributed by atoms with E-state index in [2.05, 4.69) is 21.8 Å².